The van der Waals surface area contributed by atoms with Gasteiger partial charge in [-0.25, -0.2) is 0 Å². The molecule has 0 aliphatic carbocycles. The van der Waals surface area contributed by atoms with E-state index >= 15 is 0 Å². The predicted octanol–water partition coefficient (Wildman–Crippen LogP) is -0.383. The van der Waals surface area contributed by atoms with Gasteiger partial charge in [-0.3, -0.25) is 4.90 Å². The highest BCUT2D eigenvalue weighted by Crippen LogP contribution is 2.07. The first-order chi connectivity index (χ1) is 5.90. The third kappa shape index (κ3) is 1.17. The highest BCUT2D eigenvalue weighted by Gasteiger charge is 2.16. The minimum Gasteiger partial charge on any atom is -0.315 e. The van der Waals surface area contributed by atoms with Crippen molar-refractivity contribution >= 4 is 0 Å². The van der Waals surface area contributed by atoms with Gasteiger partial charge < -0.3 is 4.57 Å². The normalized spacial score (nSPS) is 16.9. The first kappa shape index (κ1) is 7.25. The number of hydrogen-bond donors (Lipinski definition) is 0. The first-order valence-corrected chi connectivity index (χ1v) is 3.86. The van der Waals surface area contributed by atoms with E-state index in [1.165, 1.54) is 0 Å². The summed E-state index contributed by atoms with van der Waals surface area (Å²) in [7, 11) is 0. The Morgan fingerprint density at radius 3 is 3.33 bits per heavy atom. The maximum atomic E-state index is 8.48. The summed E-state index contributed by atoms with van der Waals surface area (Å²) in [5, 5.41) is 16.2. The van der Waals surface area contributed by atoms with E-state index < -0.39 is 0 Å². The van der Waals surface area contributed by atoms with Crippen molar-refractivity contribution in [2.24, 2.45) is 0 Å². The largest absolute Gasteiger partial charge is 0.315 e. The maximum Gasteiger partial charge on any atom is 0.147 e. The molecule has 0 bridgehead atoms. The van der Waals surface area contributed by atoms with E-state index in [1.54, 1.807) is 6.33 Å². The molecular formula is C7H9N5. The molecule has 0 aromatic carbocycles. The lowest BCUT2D eigenvalue weighted by Crippen LogP contribution is -2.33. The van der Waals surface area contributed by atoms with Crippen LogP contribution < -0.4 is 0 Å². The second-order valence-corrected chi connectivity index (χ2v) is 2.81. The van der Waals surface area contributed by atoms with Gasteiger partial charge in [0.15, 0.2) is 0 Å². The van der Waals surface area contributed by atoms with Crippen molar-refractivity contribution in [2.45, 2.75) is 13.1 Å². The van der Waals surface area contributed by atoms with Gasteiger partial charge in [-0.2, -0.15) is 5.26 Å². The summed E-state index contributed by atoms with van der Waals surface area (Å²) in [5.74, 6) is 0.955. The van der Waals surface area contributed by atoms with E-state index in [0.29, 0.717) is 6.54 Å². The van der Waals surface area contributed by atoms with Gasteiger partial charge in [-0.05, 0) is 0 Å². The molecule has 0 amide bonds. The van der Waals surface area contributed by atoms with E-state index in [-0.39, 0.29) is 0 Å². The Balaban J connectivity index is 2.11. The van der Waals surface area contributed by atoms with Crippen molar-refractivity contribution in [1.29, 1.82) is 5.26 Å². The smallest absolute Gasteiger partial charge is 0.147 e. The predicted molar refractivity (Wildman–Crippen MR) is 40.9 cm³/mol. The van der Waals surface area contributed by atoms with Crippen LogP contribution >= 0.6 is 0 Å². The van der Waals surface area contributed by atoms with Crippen LogP contribution in [0, 0.1) is 11.3 Å². The van der Waals surface area contributed by atoms with Crippen LogP contribution in [0.25, 0.3) is 0 Å². The van der Waals surface area contributed by atoms with Crippen LogP contribution in [-0.4, -0.2) is 32.8 Å². The zero-order valence-corrected chi connectivity index (χ0v) is 6.64. The SMILES string of the molecule is N#CCN1CCn2cnnc2C1. The lowest BCUT2D eigenvalue weighted by Gasteiger charge is -2.23. The fraction of sp³-hybridized carbons (Fsp3) is 0.571. The second-order valence-electron chi connectivity index (χ2n) is 2.81. The molecule has 5 nitrogen and oxygen atoms in total. The van der Waals surface area contributed by atoms with Gasteiger partial charge >= 0.3 is 0 Å². The van der Waals surface area contributed by atoms with Crippen LogP contribution in [0.1, 0.15) is 5.82 Å². The highest BCUT2D eigenvalue weighted by molar-refractivity contribution is 4.91. The molecule has 0 saturated heterocycles. The maximum absolute atomic E-state index is 8.48. The van der Waals surface area contributed by atoms with Gasteiger partial charge in [0.25, 0.3) is 0 Å². The number of rotatable bonds is 1. The standard InChI is InChI=1S/C7H9N5/c8-1-2-11-3-4-12-6-9-10-7(12)5-11/h6H,2-5H2. The van der Waals surface area contributed by atoms with Gasteiger partial charge in [0.1, 0.15) is 12.2 Å². The molecule has 0 radical (unpaired) electrons. The van der Waals surface area contributed by atoms with Crippen molar-refractivity contribution < 1.29 is 0 Å². The van der Waals surface area contributed by atoms with Crippen molar-refractivity contribution in [3.8, 4) is 6.07 Å². The summed E-state index contributed by atoms with van der Waals surface area (Å²) in [5.41, 5.74) is 0. The zero-order chi connectivity index (χ0) is 8.39. The van der Waals surface area contributed by atoms with E-state index in [4.69, 9.17) is 5.26 Å². The lowest BCUT2D eigenvalue weighted by molar-refractivity contribution is 0.242. The van der Waals surface area contributed by atoms with Crippen LogP contribution in [0.15, 0.2) is 6.33 Å². The number of nitriles is 1. The Bertz CT molecular complexity index is 310. The van der Waals surface area contributed by atoms with Crippen LogP contribution in [0.2, 0.25) is 0 Å². The number of fused-ring (bicyclic) bond motifs is 1. The topological polar surface area (TPSA) is 57.7 Å². The summed E-state index contributed by atoms with van der Waals surface area (Å²) < 4.78 is 2.02. The molecule has 0 saturated carbocycles. The molecule has 0 unspecified atom stereocenters. The molecule has 62 valence electrons. The molecule has 1 aromatic heterocycles. The van der Waals surface area contributed by atoms with Gasteiger partial charge in [-0.15, -0.1) is 10.2 Å². The van der Waals surface area contributed by atoms with Crippen molar-refractivity contribution in [3.63, 3.8) is 0 Å². The molecule has 0 fully saturated rings. The number of aromatic nitrogens is 3. The monoisotopic (exact) mass is 163 g/mol. The number of hydrogen-bond acceptors (Lipinski definition) is 4. The molecule has 12 heavy (non-hydrogen) atoms. The molecule has 0 atom stereocenters. The number of nitrogens with zero attached hydrogens (tertiary/aromatic N) is 5. The minimum atomic E-state index is 0.479. The fourth-order valence-corrected chi connectivity index (χ4v) is 1.35. The molecule has 0 N–H and O–H groups in total. The second kappa shape index (κ2) is 2.91. The molecule has 1 aliphatic heterocycles. The first-order valence-electron chi connectivity index (χ1n) is 3.86. The fourth-order valence-electron chi connectivity index (χ4n) is 1.35. The van der Waals surface area contributed by atoms with Crippen molar-refractivity contribution in [2.75, 3.05) is 13.1 Å². The van der Waals surface area contributed by atoms with E-state index in [1.807, 2.05) is 4.57 Å². The average molecular weight is 163 g/mol. The Morgan fingerprint density at radius 1 is 1.58 bits per heavy atom. The van der Waals surface area contributed by atoms with Crippen molar-refractivity contribution in [1.82, 2.24) is 19.7 Å². The Morgan fingerprint density at radius 2 is 2.50 bits per heavy atom. The molecular weight excluding hydrogens is 154 g/mol. The van der Waals surface area contributed by atoms with Gasteiger partial charge in [0, 0.05) is 13.1 Å². The van der Waals surface area contributed by atoms with Gasteiger partial charge in [-0.1, -0.05) is 0 Å². The molecule has 5 heteroatoms. The average Bonchev–Trinajstić information content (AvgIpc) is 2.51. The Labute approximate surface area is 70.2 Å². The summed E-state index contributed by atoms with van der Waals surface area (Å²) in [6.45, 7) is 3.03. The summed E-state index contributed by atoms with van der Waals surface area (Å²) in [4.78, 5) is 2.06. The third-order valence-corrected chi connectivity index (χ3v) is 2.01. The Hall–Kier alpha value is -1.41. The summed E-state index contributed by atoms with van der Waals surface area (Å²) in [6.07, 6.45) is 1.74. The molecule has 1 aromatic rings. The summed E-state index contributed by atoms with van der Waals surface area (Å²) >= 11 is 0. The quantitative estimate of drug-likeness (QED) is 0.529. The molecule has 2 heterocycles. The zero-order valence-electron chi connectivity index (χ0n) is 6.64. The highest BCUT2D eigenvalue weighted by atomic mass is 15.3. The van der Waals surface area contributed by atoms with E-state index in [0.717, 1.165) is 25.5 Å². The van der Waals surface area contributed by atoms with Gasteiger partial charge in [0.05, 0.1) is 19.2 Å². The van der Waals surface area contributed by atoms with Crippen LogP contribution in [0.4, 0.5) is 0 Å². The van der Waals surface area contributed by atoms with Gasteiger partial charge in [0.2, 0.25) is 0 Å². The van der Waals surface area contributed by atoms with Crippen LogP contribution in [0.5, 0.6) is 0 Å². The van der Waals surface area contributed by atoms with E-state index in [9.17, 15) is 0 Å². The van der Waals surface area contributed by atoms with Crippen molar-refractivity contribution in [3.05, 3.63) is 12.2 Å². The minimum absolute atomic E-state index is 0.479. The molecule has 0 spiro atoms. The Kier molecular flexibility index (Phi) is 1.76. The molecule has 2 rings (SSSR count). The van der Waals surface area contributed by atoms with E-state index in [2.05, 4.69) is 21.2 Å². The third-order valence-electron chi connectivity index (χ3n) is 2.01. The van der Waals surface area contributed by atoms with Crippen LogP contribution in [0.3, 0.4) is 0 Å². The summed E-state index contributed by atoms with van der Waals surface area (Å²) in [6, 6.07) is 2.13. The van der Waals surface area contributed by atoms with Crippen LogP contribution in [-0.2, 0) is 13.1 Å². The molecule has 1 aliphatic rings. The lowest BCUT2D eigenvalue weighted by atomic mass is 10.3.